The first kappa shape index (κ1) is 12.2. The van der Waals surface area contributed by atoms with Crippen molar-refractivity contribution in [1.29, 1.82) is 0 Å². The van der Waals surface area contributed by atoms with E-state index in [2.05, 4.69) is 41.8 Å². The lowest BCUT2D eigenvalue weighted by Crippen LogP contribution is -1.80. The van der Waals surface area contributed by atoms with Crippen LogP contribution in [-0.2, 0) is 0 Å². The van der Waals surface area contributed by atoms with Crippen molar-refractivity contribution in [2.24, 2.45) is 0 Å². The largest absolute Gasteiger partial charge is 0.338 e. The molecule has 90 valence electrons. The topological polar surface area (TPSA) is 28.7 Å². The van der Waals surface area contributed by atoms with Gasteiger partial charge in [-0.05, 0) is 52.3 Å². The third-order valence-corrected chi connectivity index (χ3v) is 4.34. The first-order valence-corrected chi connectivity index (χ1v) is 7.20. The van der Waals surface area contributed by atoms with Gasteiger partial charge in [-0.3, -0.25) is 0 Å². The Hall–Kier alpha value is -0.840. The molecule has 1 heterocycles. The fraction of sp³-hybridized carbons (Fsp3) is 0. The Morgan fingerprint density at radius 2 is 1.89 bits per heavy atom. The number of rotatable bonds is 1. The Morgan fingerprint density at radius 3 is 2.67 bits per heavy atom. The first-order chi connectivity index (χ1) is 8.63. The van der Waals surface area contributed by atoms with Crippen LogP contribution in [0.4, 0.5) is 0 Å². The zero-order valence-electron chi connectivity index (χ0n) is 9.05. The fourth-order valence-corrected chi connectivity index (χ4v) is 2.62. The maximum atomic E-state index is 5.98. The molecule has 0 bridgehead atoms. The minimum Gasteiger partial charge on any atom is -0.338 e. The van der Waals surface area contributed by atoms with E-state index in [1.807, 2.05) is 36.4 Å². The van der Waals surface area contributed by atoms with Crippen molar-refractivity contribution < 1.29 is 0 Å². The van der Waals surface area contributed by atoms with E-state index in [0.717, 1.165) is 31.4 Å². The Bertz CT molecular complexity index is 737. The highest BCUT2D eigenvalue weighted by Gasteiger charge is 2.07. The molecule has 2 nitrogen and oxygen atoms in total. The van der Waals surface area contributed by atoms with Crippen LogP contribution in [0.1, 0.15) is 0 Å². The van der Waals surface area contributed by atoms with Gasteiger partial charge in [-0.2, -0.15) is 0 Å². The van der Waals surface area contributed by atoms with Crippen LogP contribution in [0.15, 0.2) is 45.3 Å². The minimum atomic E-state index is 0.692. The fourth-order valence-electron chi connectivity index (χ4n) is 1.76. The van der Waals surface area contributed by atoms with Crippen molar-refractivity contribution in [2.75, 3.05) is 0 Å². The molecule has 0 aliphatic rings. The maximum absolute atomic E-state index is 5.98. The molecule has 3 rings (SSSR count). The molecule has 3 aromatic rings. The van der Waals surface area contributed by atoms with E-state index in [1.54, 1.807) is 0 Å². The molecule has 2 aromatic carbocycles. The molecule has 5 heteroatoms. The van der Waals surface area contributed by atoms with E-state index in [1.165, 1.54) is 0 Å². The van der Waals surface area contributed by atoms with Gasteiger partial charge >= 0.3 is 0 Å². The summed E-state index contributed by atoms with van der Waals surface area (Å²) in [6.07, 6.45) is 0. The van der Waals surface area contributed by atoms with Crippen molar-refractivity contribution in [3.05, 3.63) is 50.4 Å². The zero-order chi connectivity index (χ0) is 12.7. The predicted octanol–water partition coefficient (Wildman–Crippen LogP) is 5.41. The van der Waals surface area contributed by atoms with E-state index < -0.39 is 0 Å². The third-order valence-electron chi connectivity index (χ3n) is 2.64. The van der Waals surface area contributed by atoms with Gasteiger partial charge in [0.25, 0.3) is 0 Å². The molecule has 0 amide bonds. The molecule has 0 aliphatic heterocycles. The molecule has 1 aromatic heterocycles. The number of nitrogens with zero attached hydrogens (tertiary/aromatic N) is 1. The SMILES string of the molecule is Clc1ccc(-c2nc3ccc(Br)cc3[nH]2)cc1Br. The second kappa shape index (κ2) is 4.68. The second-order valence-electron chi connectivity index (χ2n) is 3.88. The van der Waals surface area contributed by atoms with Crippen molar-refractivity contribution in [3.8, 4) is 11.4 Å². The van der Waals surface area contributed by atoms with Crippen LogP contribution in [0, 0.1) is 0 Å². The molecule has 0 aliphatic carbocycles. The van der Waals surface area contributed by atoms with Gasteiger partial charge < -0.3 is 4.98 Å². The summed E-state index contributed by atoms with van der Waals surface area (Å²) in [6.45, 7) is 0. The number of aromatic nitrogens is 2. The molecule has 0 radical (unpaired) electrons. The van der Waals surface area contributed by atoms with Crippen molar-refractivity contribution in [1.82, 2.24) is 9.97 Å². The summed E-state index contributed by atoms with van der Waals surface area (Å²) in [5, 5.41) is 0.692. The van der Waals surface area contributed by atoms with Crippen molar-refractivity contribution in [2.45, 2.75) is 0 Å². The van der Waals surface area contributed by atoms with Gasteiger partial charge in [0.15, 0.2) is 0 Å². The number of fused-ring (bicyclic) bond motifs is 1. The van der Waals surface area contributed by atoms with Crippen LogP contribution < -0.4 is 0 Å². The molecule has 0 saturated heterocycles. The monoisotopic (exact) mass is 384 g/mol. The number of nitrogens with one attached hydrogen (secondary N) is 1. The van der Waals surface area contributed by atoms with Crippen LogP contribution in [0.25, 0.3) is 22.4 Å². The number of halogens is 3. The van der Waals surface area contributed by atoms with Crippen LogP contribution in [0.5, 0.6) is 0 Å². The molecule has 0 spiro atoms. The standard InChI is InChI=1S/C13H7Br2ClN2/c14-8-2-4-11-12(6-8)18-13(17-11)7-1-3-10(16)9(15)5-7/h1-6H,(H,17,18). The zero-order valence-corrected chi connectivity index (χ0v) is 13.0. The highest BCUT2D eigenvalue weighted by molar-refractivity contribution is 9.10. The summed E-state index contributed by atoms with van der Waals surface area (Å²) in [7, 11) is 0. The Morgan fingerprint density at radius 1 is 1.06 bits per heavy atom. The lowest BCUT2D eigenvalue weighted by atomic mass is 10.2. The summed E-state index contributed by atoms with van der Waals surface area (Å²) in [4.78, 5) is 7.85. The van der Waals surface area contributed by atoms with Crippen molar-refractivity contribution in [3.63, 3.8) is 0 Å². The third kappa shape index (κ3) is 2.20. The second-order valence-corrected chi connectivity index (χ2v) is 6.05. The number of hydrogen-bond donors (Lipinski definition) is 1. The van der Waals surface area contributed by atoms with Gasteiger partial charge in [-0.25, -0.2) is 4.98 Å². The molecule has 0 atom stereocenters. The highest BCUT2D eigenvalue weighted by Crippen LogP contribution is 2.29. The summed E-state index contributed by atoms with van der Waals surface area (Å²) >= 11 is 12.8. The number of imidazole rings is 1. The van der Waals surface area contributed by atoms with E-state index in [-0.39, 0.29) is 0 Å². The van der Waals surface area contributed by atoms with Gasteiger partial charge in [0.2, 0.25) is 0 Å². The summed E-state index contributed by atoms with van der Waals surface area (Å²) < 4.78 is 1.89. The quantitative estimate of drug-likeness (QED) is 0.595. The molecular weight excluding hydrogens is 379 g/mol. The number of H-pyrrole nitrogens is 1. The summed E-state index contributed by atoms with van der Waals surface area (Å²) in [5.41, 5.74) is 2.95. The van der Waals surface area contributed by atoms with Crippen LogP contribution in [0.2, 0.25) is 5.02 Å². The smallest absolute Gasteiger partial charge is 0.138 e. The van der Waals surface area contributed by atoms with Crippen molar-refractivity contribution >= 4 is 54.5 Å². The normalized spacial score (nSPS) is 11.1. The molecule has 0 fully saturated rings. The molecule has 1 N–H and O–H groups in total. The average molecular weight is 386 g/mol. The predicted molar refractivity (Wildman–Crippen MR) is 81.9 cm³/mol. The summed E-state index contributed by atoms with van der Waals surface area (Å²) in [5.74, 6) is 0.834. The van der Waals surface area contributed by atoms with Gasteiger partial charge in [0.05, 0.1) is 16.1 Å². The van der Waals surface area contributed by atoms with Crippen LogP contribution >= 0.6 is 43.5 Å². The van der Waals surface area contributed by atoms with Crippen LogP contribution in [-0.4, -0.2) is 9.97 Å². The molecular formula is C13H7Br2ClN2. The lowest BCUT2D eigenvalue weighted by Gasteiger charge is -1.99. The Labute approximate surface area is 126 Å². The maximum Gasteiger partial charge on any atom is 0.138 e. The first-order valence-electron chi connectivity index (χ1n) is 5.24. The van der Waals surface area contributed by atoms with E-state index in [4.69, 9.17) is 11.6 Å². The average Bonchev–Trinajstić information content (AvgIpc) is 2.75. The Balaban J connectivity index is 2.16. The Kier molecular flexibility index (Phi) is 3.18. The van der Waals surface area contributed by atoms with E-state index in [0.29, 0.717) is 5.02 Å². The number of benzene rings is 2. The number of hydrogen-bond acceptors (Lipinski definition) is 1. The van der Waals surface area contributed by atoms with E-state index >= 15 is 0 Å². The number of aromatic amines is 1. The van der Waals surface area contributed by atoms with Crippen LogP contribution in [0.3, 0.4) is 0 Å². The molecule has 0 saturated carbocycles. The summed E-state index contributed by atoms with van der Waals surface area (Å²) in [6, 6.07) is 11.7. The van der Waals surface area contributed by atoms with Gasteiger partial charge in [-0.1, -0.05) is 27.5 Å². The highest BCUT2D eigenvalue weighted by atomic mass is 79.9. The van der Waals surface area contributed by atoms with Gasteiger partial charge in [-0.15, -0.1) is 0 Å². The lowest BCUT2D eigenvalue weighted by molar-refractivity contribution is 1.33. The minimum absolute atomic E-state index is 0.692. The molecule has 0 unspecified atom stereocenters. The van der Waals surface area contributed by atoms with Gasteiger partial charge in [0.1, 0.15) is 5.82 Å². The van der Waals surface area contributed by atoms with E-state index in [9.17, 15) is 0 Å². The van der Waals surface area contributed by atoms with Gasteiger partial charge in [0, 0.05) is 14.5 Å². The molecule has 18 heavy (non-hydrogen) atoms.